The number of likely N-dealkylation sites (tertiary alicyclic amines) is 1. The Morgan fingerprint density at radius 3 is 2.69 bits per heavy atom. The first-order chi connectivity index (χ1) is 17.6. The van der Waals surface area contributed by atoms with Gasteiger partial charge in [-0.25, -0.2) is 4.98 Å². The van der Waals surface area contributed by atoms with Crippen molar-refractivity contribution >= 4 is 44.3 Å². The number of carbonyl (C=O) groups is 1. The highest BCUT2D eigenvalue weighted by atomic mass is 79.9. The fourth-order valence-electron chi connectivity index (χ4n) is 4.89. The zero-order valence-electron chi connectivity index (χ0n) is 19.9. The quantitative estimate of drug-likeness (QED) is 0.286. The zero-order chi connectivity index (χ0) is 24.6. The number of hydrogen-bond donors (Lipinski definition) is 1. The van der Waals surface area contributed by atoms with Crippen molar-refractivity contribution in [3.05, 3.63) is 82.7 Å². The average Bonchev–Trinajstić information content (AvgIpc) is 3.51. The maximum Gasteiger partial charge on any atom is 0.289 e. The van der Waals surface area contributed by atoms with Gasteiger partial charge in [-0.2, -0.15) is 9.61 Å². The average molecular weight is 544 g/mol. The summed E-state index contributed by atoms with van der Waals surface area (Å²) in [7, 11) is 0. The number of nitrogens with one attached hydrogen (secondary N) is 1. The van der Waals surface area contributed by atoms with Gasteiger partial charge in [0.2, 0.25) is 0 Å². The van der Waals surface area contributed by atoms with Gasteiger partial charge in [0.05, 0.1) is 16.4 Å². The predicted molar refractivity (Wildman–Crippen MR) is 144 cm³/mol. The molecule has 182 valence electrons. The molecule has 7 nitrogen and oxygen atoms in total. The van der Waals surface area contributed by atoms with Crippen LogP contribution in [0.2, 0.25) is 0 Å². The molecule has 36 heavy (non-hydrogen) atoms. The number of nitrogens with zero attached hydrogens (tertiary/aromatic N) is 4. The van der Waals surface area contributed by atoms with Gasteiger partial charge in [-0.05, 0) is 59.3 Å². The lowest BCUT2D eigenvalue weighted by atomic mass is 9.96. The van der Waals surface area contributed by atoms with Gasteiger partial charge >= 0.3 is 0 Å². The van der Waals surface area contributed by atoms with E-state index in [4.69, 9.17) is 9.40 Å². The Hall–Kier alpha value is -3.65. The van der Waals surface area contributed by atoms with Crippen molar-refractivity contribution in [2.24, 2.45) is 5.92 Å². The smallest absolute Gasteiger partial charge is 0.289 e. The molecular weight excluding hydrogens is 518 g/mol. The third-order valence-corrected chi connectivity index (χ3v) is 7.52. The van der Waals surface area contributed by atoms with Crippen molar-refractivity contribution in [3.8, 4) is 11.3 Å². The maximum absolute atomic E-state index is 13.0. The summed E-state index contributed by atoms with van der Waals surface area (Å²) in [6, 6.07) is 19.9. The second kappa shape index (κ2) is 9.43. The van der Waals surface area contributed by atoms with Crippen LogP contribution in [0.3, 0.4) is 0 Å². The molecule has 1 aliphatic rings. The van der Waals surface area contributed by atoms with Crippen LogP contribution < -0.4 is 5.32 Å². The number of amides is 1. The minimum Gasteiger partial charge on any atom is -0.451 e. The first-order valence-electron chi connectivity index (χ1n) is 12.2. The largest absolute Gasteiger partial charge is 0.451 e. The number of carbonyl (C=O) groups excluding carboxylic acids is 1. The Labute approximate surface area is 217 Å². The number of para-hydroxylation sites is 1. The summed E-state index contributed by atoms with van der Waals surface area (Å²) in [6.45, 7) is 4.34. The lowest BCUT2D eigenvalue weighted by Crippen LogP contribution is -2.39. The van der Waals surface area contributed by atoms with Gasteiger partial charge in [0.25, 0.3) is 5.91 Å². The van der Waals surface area contributed by atoms with E-state index in [0.717, 1.165) is 70.6 Å². The van der Waals surface area contributed by atoms with E-state index in [1.54, 1.807) is 6.20 Å². The highest BCUT2D eigenvalue weighted by molar-refractivity contribution is 9.10. The summed E-state index contributed by atoms with van der Waals surface area (Å²) in [5.74, 6) is 1.75. The second-order valence-corrected chi connectivity index (χ2v) is 10.2. The number of halogens is 1. The Balaban J connectivity index is 1.14. The summed E-state index contributed by atoms with van der Waals surface area (Å²) < 4.78 is 8.49. The lowest BCUT2D eigenvalue weighted by Gasteiger charge is -2.31. The van der Waals surface area contributed by atoms with E-state index in [9.17, 15) is 4.79 Å². The van der Waals surface area contributed by atoms with E-state index in [0.29, 0.717) is 11.7 Å². The molecule has 5 aromatic rings. The molecule has 6 rings (SSSR count). The van der Waals surface area contributed by atoms with Gasteiger partial charge in [0.15, 0.2) is 11.4 Å². The van der Waals surface area contributed by atoms with E-state index in [1.165, 1.54) is 5.56 Å². The van der Waals surface area contributed by atoms with Crippen LogP contribution in [0.25, 0.3) is 27.9 Å². The number of furan rings is 1. The molecule has 0 spiro atoms. The van der Waals surface area contributed by atoms with Gasteiger partial charge in [0, 0.05) is 36.7 Å². The Kier molecular flexibility index (Phi) is 5.97. The molecule has 3 aromatic heterocycles. The number of fused-ring (bicyclic) bond motifs is 2. The third-order valence-electron chi connectivity index (χ3n) is 6.96. The lowest BCUT2D eigenvalue weighted by molar-refractivity contribution is 0.0665. The van der Waals surface area contributed by atoms with Crippen LogP contribution in [-0.4, -0.2) is 45.0 Å². The summed E-state index contributed by atoms with van der Waals surface area (Å²) in [5.41, 5.74) is 4.73. The van der Waals surface area contributed by atoms with Crippen LogP contribution >= 0.6 is 15.9 Å². The molecule has 1 amide bonds. The number of hydrogen-bond acceptors (Lipinski definition) is 5. The van der Waals surface area contributed by atoms with Crippen LogP contribution in [-0.2, 0) is 0 Å². The molecular formula is C28H26BrN5O2. The first kappa shape index (κ1) is 22.8. The van der Waals surface area contributed by atoms with E-state index >= 15 is 0 Å². The molecule has 4 heterocycles. The third kappa shape index (κ3) is 4.26. The van der Waals surface area contributed by atoms with Crippen LogP contribution in [0.1, 0.15) is 29.0 Å². The minimum absolute atomic E-state index is 0.0299. The number of aromatic nitrogens is 3. The van der Waals surface area contributed by atoms with Crippen LogP contribution in [0.4, 0.5) is 5.82 Å². The highest BCUT2D eigenvalue weighted by Crippen LogP contribution is 2.29. The van der Waals surface area contributed by atoms with Crippen LogP contribution in [0.15, 0.2) is 75.8 Å². The SMILES string of the molecule is Cc1ccccc1-c1cc(NCC2CCN(C(=O)c3cc4ccccc4o3)CC2)n2ncc(Br)c2n1. The minimum atomic E-state index is -0.0299. The summed E-state index contributed by atoms with van der Waals surface area (Å²) in [4.78, 5) is 19.8. The number of piperidine rings is 1. The van der Waals surface area contributed by atoms with Crippen molar-refractivity contribution in [3.63, 3.8) is 0 Å². The van der Waals surface area contributed by atoms with Crippen molar-refractivity contribution in [1.29, 1.82) is 0 Å². The molecule has 0 aliphatic carbocycles. The molecule has 8 heteroatoms. The molecule has 0 saturated carbocycles. The van der Waals surface area contributed by atoms with E-state index in [2.05, 4.69) is 51.5 Å². The maximum atomic E-state index is 13.0. The fourth-order valence-corrected chi connectivity index (χ4v) is 5.24. The van der Waals surface area contributed by atoms with Gasteiger partial charge < -0.3 is 14.6 Å². The Morgan fingerprint density at radius 2 is 1.89 bits per heavy atom. The molecule has 0 bridgehead atoms. The van der Waals surface area contributed by atoms with Gasteiger partial charge in [-0.1, -0.05) is 42.5 Å². The van der Waals surface area contributed by atoms with Crippen LogP contribution in [0, 0.1) is 12.8 Å². The van der Waals surface area contributed by atoms with Gasteiger partial charge in [0.1, 0.15) is 11.4 Å². The number of anilines is 1. The molecule has 0 unspecified atom stereocenters. The Bertz CT molecular complexity index is 1530. The topological polar surface area (TPSA) is 75.7 Å². The standard InChI is InChI=1S/C28H26BrN5O2/c1-18-6-2-4-8-21(18)23-15-26(34-27(32-23)22(29)17-31-34)30-16-19-10-12-33(13-11-19)28(35)25-14-20-7-3-5-9-24(20)36-25/h2-9,14-15,17,19,30H,10-13,16H2,1H3. The van der Waals surface area contributed by atoms with E-state index in [1.807, 2.05) is 51.9 Å². The molecule has 1 saturated heterocycles. The van der Waals surface area contributed by atoms with Crippen LogP contribution in [0.5, 0.6) is 0 Å². The molecule has 1 aliphatic heterocycles. The van der Waals surface area contributed by atoms with Crippen molar-refractivity contribution in [2.75, 3.05) is 25.0 Å². The van der Waals surface area contributed by atoms with E-state index in [-0.39, 0.29) is 5.91 Å². The van der Waals surface area contributed by atoms with Crippen molar-refractivity contribution in [1.82, 2.24) is 19.5 Å². The summed E-state index contributed by atoms with van der Waals surface area (Å²) in [5, 5.41) is 9.08. The molecule has 2 aromatic carbocycles. The summed E-state index contributed by atoms with van der Waals surface area (Å²) in [6.07, 6.45) is 3.64. The zero-order valence-corrected chi connectivity index (χ0v) is 21.5. The first-order valence-corrected chi connectivity index (χ1v) is 13.0. The summed E-state index contributed by atoms with van der Waals surface area (Å²) >= 11 is 3.59. The normalized spacial score (nSPS) is 14.6. The molecule has 1 fully saturated rings. The van der Waals surface area contributed by atoms with Crippen molar-refractivity contribution < 1.29 is 9.21 Å². The molecule has 0 atom stereocenters. The monoisotopic (exact) mass is 543 g/mol. The highest BCUT2D eigenvalue weighted by Gasteiger charge is 2.26. The number of benzene rings is 2. The van der Waals surface area contributed by atoms with E-state index < -0.39 is 0 Å². The number of aryl methyl sites for hydroxylation is 1. The molecule has 1 N–H and O–H groups in total. The Morgan fingerprint density at radius 1 is 1.11 bits per heavy atom. The molecule has 0 radical (unpaired) electrons. The number of rotatable bonds is 5. The van der Waals surface area contributed by atoms with Gasteiger partial charge in [-0.15, -0.1) is 0 Å². The van der Waals surface area contributed by atoms with Crippen molar-refractivity contribution in [2.45, 2.75) is 19.8 Å². The van der Waals surface area contributed by atoms with Gasteiger partial charge in [-0.3, -0.25) is 4.79 Å². The predicted octanol–water partition coefficient (Wildman–Crippen LogP) is 6.18. The fraction of sp³-hybridized carbons (Fsp3) is 0.250. The second-order valence-electron chi connectivity index (χ2n) is 9.33.